The molecule has 1 aliphatic heterocycles. The summed E-state index contributed by atoms with van der Waals surface area (Å²) in [4.78, 5) is 41.8. The van der Waals surface area contributed by atoms with Crippen LogP contribution in [-0.4, -0.2) is 56.7 Å². The van der Waals surface area contributed by atoms with Gasteiger partial charge in [0.05, 0.1) is 30.3 Å². The number of anilines is 1. The third kappa shape index (κ3) is 5.66. The zero-order valence-electron chi connectivity index (χ0n) is 22.8. The Hall–Kier alpha value is -3.90. The van der Waals surface area contributed by atoms with Crippen molar-refractivity contribution in [3.63, 3.8) is 0 Å². The van der Waals surface area contributed by atoms with Crippen LogP contribution in [0.4, 0.5) is 10.3 Å². The first-order valence-electron chi connectivity index (χ1n) is 14.0. The number of ether oxygens (including phenoxy) is 3. The van der Waals surface area contributed by atoms with Gasteiger partial charge in [-0.25, -0.2) is 19.3 Å². The Balaban J connectivity index is 1.24. The van der Waals surface area contributed by atoms with Crippen molar-refractivity contribution in [2.24, 2.45) is 11.1 Å². The van der Waals surface area contributed by atoms with Crippen LogP contribution < -0.4 is 11.1 Å². The molecule has 3 heterocycles. The number of nitrogens with one attached hydrogen (secondary N) is 2. The first-order chi connectivity index (χ1) is 19.7. The molecule has 12 heteroatoms. The van der Waals surface area contributed by atoms with Crippen LogP contribution in [0.2, 0.25) is 0 Å². The number of esters is 1. The van der Waals surface area contributed by atoms with Crippen LogP contribution in [0, 0.1) is 11.2 Å². The summed E-state index contributed by atoms with van der Waals surface area (Å²) < 4.78 is 31.1. The van der Waals surface area contributed by atoms with Crippen molar-refractivity contribution in [2.45, 2.75) is 69.8 Å². The predicted molar refractivity (Wildman–Crippen MR) is 146 cm³/mol. The zero-order chi connectivity index (χ0) is 28.6. The van der Waals surface area contributed by atoms with Crippen molar-refractivity contribution in [1.29, 1.82) is 0 Å². The van der Waals surface area contributed by atoms with Gasteiger partial charge in [-0.05, 0) is 50.1 Å². The van der Waals surface area contributed by atoms with E-state index in [4.69, 9.17) is 29.9 Å². The van der Waals surface area contributed by atoms with Crippen LogP contribution in [-0.2, 0) is 23.8 Å². The molecule has 2 aliphatic carbocycles. The molecule has 0 atom stereocenters. The second kappa shape index (κ2) is 10.8. The van der Waals surface area contributed by atoms with Crippen LogP contribution in [0.25, 0.3) is 22.6 Å². The lowest BCUT2D eigenvalue weighted by Gasteiger charge is -2.35. The number of primary amides is 1. The van der Waals surface area contributed by atoms with Crippen LogP contribution >= 0.6 is 0 Å². The van der Waals surface area contributed by atoms with Crippen LogP contribution in [0.15, 0.2) is 36.5 Å². The molecule has 0 unspecified atom stereocenters. The van der Waals surface area contributed by atoms with Crippen molar-refractivity contribution in [3.05, 3.63) is 48.2 Å². The Morgan fingerprint density at radius 1 is 1.07 bits per heavy atom. The average Bonchev–Trinajstić information content (AvgIpc) is 3.63. The molecule has 0 radical (unpaired) electrons. The molecule has 0 spiro atoms. The van der Waals surface area contributed by atoms with Gasteiger partial charge in [-0.2, -0.15) is 0 Å². The molecule has 2 saturated carbocycles. The largest absolute Gasteiger partial charge is 0.448 e. The third-order valence-electron chi connectivity index (χ3n) is 7.95. The zero-order valence-corrected chi connectivity index (χ0v) is 22.8. The molecule has 216 valence electrons. The van der Waals surface area contributed by atoms with E-state index >= 15 is 0 Å². The van der Waals surface area contributed by atoms with Crippen molar-refractivity contribution in [2.75, 3.05) is 18.5 Å². The number of amides is 1. The summed E-state index contributed by atoms with van der Waals surface area (Å²) in [6, 6.07) is 8.13. The summed E-state index contributed by atoms with van der Waals surface area (Å²) >= 11 is 0. The maximum atomic E-state index is 13.7. The highest BCUT2D eigenvalue weighted by Gasteiger charge is 2.55. The van der Waals surface area contributed by atoms with Gasteiger partial charge in [0.25, 0.3) is 5.91 Å². The number of nitrogens with zero attached hydrogens (tertiary/aromatic N) is 3. The molecule has 1 aromatic carbocycles. The number of H-pyrrole nitrogens is 1. The van der Waals surface area contributed by atoms with Gasteiger partial charge in [-0.3, -0.25) is 9.59 Å². The minimum atomic E-state index is -1.22. The average molecular weight is 565 g/mol. The van der Waals surface area contributed by atoms with E-state index in [1.54, 1.807) is 31.3 Å². The molecule has 11 nitrogen and oxygen atoms in total. The summed E-state index contributed by atoms with van der Waals surface area (Å²) in [6.45, 7) is 1.62. The van der Waals surface area contributed by atoms with E-state index in [0.717, 1.165) is 12.8 Å². The highest BCUT2D eigenvalue weighted by atomic mass is 19.1. The van der Waals surface area contributed by atoms with Gasteiger partial charge in [0.1, 0.15) is 11.2 Å². The standard InChI is InChI=1S/C29H33FN6O5/c1-28(26(38)41-29(12-13-29)25(31)37)15-39-24(40-16-28)23-35-21(17-7-9-18(30)10-8-17)22(36-23)20-11-14-32-27(34-20)33-19-5-3-2-4-6-19/h7-11,14,19,24H,2-6,12-13,15-16H2,1H3,(H2,31,37)(H,35,36)(H,32,33,34). The topological polar surface area (TPSA) is 154 Å². The lowest BCUT2D eigenvalue weighted by molar-refractivity contribution is -0.240. The minimum Gasteiger partial charge on any atom is -0.448 e. The fraction of sp³-hybridized carbons (Fsp3) is 0.483. The Morgan fingerprint density at radius 3 is 2.44 bits per heavy atom. The number of benzene rings is 1. The van der Waals surface area contributed by atoms with Crippen molar-refractivity contribution < 1.29 is 28.2 Å². The van der Waals surface area contributed by atoms with Gasteiger partial charge in [0.15, 0.2) is 11.4 Å². The first-order valence-corrected chi connectivity index (χ1v) is 14.0. The number of carbonyl (C=O) groups excluding carboxylic acids is 2. The van der Waals surface area contributed by atoms with Crippen molar-refractivity contribution in [1.82, 2.24) is 19.9 Å². The summed E-state index contributed by atoms with van der Waals surface area (Å²) in [5.41, 5.74) is 5.47. The van der Waals surface area contributed by atoms with Gasteiger partial charge < -0.3 is 30.2 Å². The molecule has 3 aromatic rings. The first kappa shape index (κ1) is 27.3. The number of halogens is 1. The smallest absolute Gasteiger partial charge is 0.317 e. The number of hydrogen-bond acceptors (Lipinski definition) is 9. The quantitative estimate of drug-likeness (QED) is 0.344. The van der Waals surface area contributed by atoms with Crippen LogP contribution in [0.5, 0.6) is 0 Å². The predicted octanol–water partition coefficient (Wildman–Crippen LogP) is 4.03. The fourth-order valence-corrected chi connectivity index (χ4v) is 5.20. The van der Waals surface area contributed by atoms with Crippen LogP contribution in [0.1, 0.15) is 64.0 Å². The molecule has 41 heavy (non-hydrogen) atoms. The molecular formula is C29H33FN6O5. The number of aromatic nitrogens is 4. The lowest BCUT2D eigenvalue weighted by Crippen LogP contribution is -2.47. The molecule has 3 fully saturated rings. The number of imidazole rings is 1. The van der Waals surface area contributed by atoms with Gasteiger partial charge in [-0.15, -0.1) is 0 Å². The molecule has 2 aromatic heterocycles. The van der Waals surface area contributed by atoms with E-state index in [9.17, 15) is 14.0 Å². The van der Waals surface area contributed by atoms with E-state index in [0.29, 0.717) is 53.3 Å². The number of aromatic amines is 1. The van der Waals surface area contributed by atoms with Gasteiger partial charge in [0, 0.05) is 30.6 Å². The molecular weight excluding hydrogens is 531 g/mol. The number of rotatable bonds is 8. The Morgan fingerprint density at radius 2 is 1.78 bits per heavy atom. The van der Waals surface area contributed by atoms with Crippen LogP contribution in [0.3, 0.4) is 0 Å². The molecule has 6 rings (SSSR count). The molecule has 0 bridgehead atoms. The van der Waals surface area contributed by atoms with Crippen molar-refractivity contribution in [3.8, 4) is 22.6 Å². The number of hydrogen-bond donors (Lipinski definition) is 3. The Kier molecular flexibility index (Phi) is 7.20. The van der Waals surface area contributed by atoms with E-state index in [1.165, 1.54) is 31.4 Å². The fourth-order valence-electron chi connectivity index (χ4n) is 5.20. The Labute approximate surface area is 236 Å². The third-order valence-corrected chi connectivity index (χ3v) is 7.95. The highest BCUT2D eigenvalue weighted by Crippen LogP contribution is 2.42. The number of nitrogens with two attached hydrogens (primary N) is 1. The van der Waals surface area contributed by atoms with E-state index in [1.807, 2.05) is 0 Å². The number of carbonyl (C=O) groups is 2. The molecule has 4 N–H and O–H groups in total. The van der Waals surface area contributed by atoms with Crippen molar-refractivity contribution >= 4 is 17.8 Å². The SMILES string of the molecule is CC1(C(=O)OC2(C(N)=O)CC2)COC(c2nc(-c3ccc(F)cc3)c(-c3ccnc(NC4CCCCC4)n3)[nH]2)OC1. The van der Waals surface area contributed by atoms with E-state index < -0.39 is 29.2 Å². The summed E-state index contributed by atoms with van der Waals surface area (Å²) in [5.74, 6) is -0.714. The van der Waals surface area contributed by atoms with E-state index in [-0.39, 0.29) is 19.0 Å². The maximum Gasteiger partial charge on any atom is 0.317 e. The highest BCUT2D eigenvalue weighted by molar-refractivity contribution is 5.90. The summed E-state index contributed by atoms with van der Waals surface area (Å²) in [6.07, 6.45) is 7.37. The maximum absolute atomic E-state index is 13.7. The lowest BCUT2D eigenvalue weighted by atomic mass is 9.92. The monoisotopic (exact) mass is 564 g/mol. The van der Waals surface area contributed by atoms with Gasteiger partial charge >= 0.3 is 5.97 Å². The Bertz CT molecular complexity index is 1430. The molecule has 3 aliphatic rings. The molecule has 1 saturated heterocycles. The van der Waals surface area contributed by atoms with E-state index in [2.05, 4.69) is 15.3 Å². The second-order valence-electron chi connectivity index (χ2n) is 11.4. The summed E-state index contributed by atoms with van der Waals surface area (Å²) in [5, 5.41) is 3.45. The normalized spacial score (nSPS) is 24.0. The molecule has 1 amide bonds. The second-order valence-corrected chi connectivity index (χ2v) is 11.4. The van der Waals surface area contributed by atoms with Gasteiger partial charge in [-0.1, -0.05) is 19.3 Å². The summed E-state index contributed by atoms with van der Waals surface area (Å²) in [7, 11) is 0. The minimum absolute atomic E-state index is 0.0176. The van der Waals surface area contributed by atoms with Gasteiger partial charge in [0.2, 0.25) is 12.2 Å².